The van der Waals surface area contributed by atoms with Crippen molar-refractivity contribution in [2.45, 2.75) is 13.0 Å². The summed E-state index contributed by atoms with van der Waals surface area (Å²) in [5.74, 6) is -0.286. The molecule has 0 aliphatic rings. The van der Waals surface area contributed by atoms with Crippen molar-refractivity contribution in [3.05, 3.63) is 42.9 Å². The summed E-state index contributed by atoms with van der Waals surface area (Å²) in [5.41, 5.74) is 6.64. The predicted octanol–water partition coefficient (Wildman–Crippen LogP) is 3.67. The lowest BCUT2D eigenvalue weighted by Crippen LogP contribution is -2.13. The highest BCUT2D eigenvalue weighted by Gasteiger charge is 2.14. The fourth-order valence-electron chi connectivity index (χ4n) is 1.38. The summed E-state index contributed by atoms with van der Waals surface area (Å²) in [4.78, 5) is 16.2. The number of amides is 1. The first-order valence-corrected chi connectivity index (χ1v) is 7.78. The zero-order chi connectivity index (χ0) is 14.0. The van der Waals surface area contributed by atoms with E-state index in [-0.39, 0.29) is 11.9 Å². The van der Waals surface area contributed by atoms with Crippen LogP contribution in [-0.2, 0) is 0 Å². The lowest BCUT2D eigenvalue weighted by atomic mass is 10.3. The number of aromatic nitrogens is 1. The van der Waals surface area contributed by atoms with E-state index >= 15 is 0 Å². The van der Waals surface area contributed by atoms with Crippen LogP contribution in [-0.4, -0.2) is 10.9 Å². The molecule has 0 fully saturated rings. The highest BCUT2D eigenvalue weighted by molar-refractivity contribution is 14.1. The monoisotopic (exact) mass is 407 g/mol. The van der Waals surface area contributed by atoms with Crippen molar-refractivity contribution in [1.29, 1.82) is 0 Å². The fraction of sp³-hybridized carbons (Fsp3) is 0.167. The molecule has 3 N–H and O–H groups in total. The Morgan fingerprint density at radius 2 is 2.32 bits per heavy atom. The molecule has 1 aromatic heterocycles. The van der Waals surface area contributed by atoms with Crippen LogP contribution < -0.4 is 11.1 Å². The van der Waals surface area contributed by atoms with E-state index in [1.165, 1.54) is 11.3 Å². The third-order valence-corrected chi connectivity index (χ3v) is 4.35. The molecule has 100 valence electrons. The Morgan fingerprint density at radius 3 is 2.89 bits per heavy atom. The van der Waals surface area contributed by atoms with Crippen LogP contribution in [0, 0.1) is 3.57 Å². The summed E-state index contributed by atoms with van der Waals surface area (Å²) in [6.07, 6.45) is 0. The van der Waals surface area contributed by atoms with Crippen LogP contribution in [0.15, 0.2) is 23.6 Å². The van der Waals surface area contributed by atoms with E-state index in [0.717, 1.165) is 8.58 Å². The maximum Gasteiger partial charge on any atom is 0.275 e. The molecule has 0 bridgehead atoms. The highest BCUT2D eigenvalue weighted by Crippen LogP contribution is 2.24. The van der Waals surface area contributed by atoms with Gasteiger partial charge in [0.2, 0.25) is 0 Å². The van der Waals surface area contributed by atoms with Gasteiger partial charge in [0, 0.05) is 8.95 Å². The average Bonchev–Trinajstić information content (AvgIpc) is 2.82. The quantitative estimate of drug-likeness (QED) is 0.763. The first kappa shape index (κ1) is 14.7. The van der Waals surface area contributed by atoms with Crippen molar-refractivity contribution in [3.63, 3.8) is 0 Å². The number of carbonyl (C=O) groups is 1. The molecular formula is C12H11ClIN3OS. The van der Waals surface area contributed by atoms with Crippen LogP contribution in [0.4, 0.5) is 5.69 Å². The molecule has 2 rings (SSSR count). The van der Waals surface area contributed by atoms with E-state index in [1.807, 2.05) is 13.0 Å². The molecule has 7 heteroatoms. The summed E-state index contributed by atoms with van der Waals surface area (Å²) in [6, 6.07) is 5.25. The van der Waals surface area contributed by atoms with Gasteiger partial charge in [-0.2, -0.15) is 0 Å². The number of hydrogen-bond donors (Lipinski definition) is 2. The normalized spacial score (nSPS) is 12.2. The Bertz CT molecular complexity index is 615. The van der Waals surface area contributed by atoms with Crippen LogP contribution >= 0.6 is 45.5 Å². The van der Waals surface area contributed by atoms with Crippen LogP contribution in [0.1, 0.15) is 28.5 Å². The minimum Gasteiger partial charge on any atom is -0.322 e. The van der Waals surface area contributed by atoms with Gasteiger partial charge in [-0.1, -0.05) is 11.6 Å². The number of anilines is 1. The van der Waals surface area contributed by atoms with E-state index in [9.17, 15) is 4.79 Å². The Morgan fingerprint density at radius 1 is 1.58 bits per heavy atom. The molecule has 4 nitrogen and oxygen atoms in total. The lowest BCUT2D eigenvalue weighted by molar-refractivity contribution is 0.102. The number of nitrogens with zero attached hydrogens (tertiary/aromatic N) is 1. The zero-order valence-electron chi connectivity index (χ0n) is 9.98. The van der Waals surface area contributed by atoms with Crippen LogP contribution in [0.25, 0.3) is 0 Å². The average molecular weight is 408 g/mol. The number of halogens is 2. The first-order valence-electron chi connectivity index (χ1n) is 5.45. The summed E-state index contributed by atoms with van der Waals surface area (Å²) in [7, 11) is 0. The topological polar surface area (TPSA) is 68.0 Å². The van der Waals surface area contributed by atoms with Gasteiger partial charge >= 0.3 is 0 Å². The second-order valence-corrected chi connectivity index (χ2v) is 6.48. The van der Waals surface area contributed by atoms with Crippen molar-refractivity contribution in [2.24, 2.45) is 5.73 Å². The maximum atomic E-state index is 12.0. The van der Waals surface area contributed by atoms with Gasteiger partial charge < -0.3 is 11.1 Å². The first-order chi connectivity index (χ1) is 8.97. The number of benzene rings is 1. The van der Waals surface area contributed by atoms with Crippen molar-refractivity contribution in [2.75, 3.05) is 5.32 Å². The van der Waals surface area contributed by atoms with Gasteiger partial charge in [-0.15, -0.1) is 11.3 Å². The molecule has 0 radical (unpaired) electrons. The minimum absolute atomic E-state index is 0.173. The van der Waals surface area contributed by atoms with Gasteiger partial charge in [0.15, 0.2) is 0 Å². The Labute approximate surface area is 133 Å². The van der Waals surface area contributed by atoms with E-state index < -0.39 is 0 Å². The lowest BCUT2D eigenvalue weighted by Gasteiger charge is -2.06. The smallest absolute Gasteiger partial charge is 0.275 e. The van der Waals surface area contributed by atoms with E-state index in [1.54, 1.807) is 17.5 Å². The Balaban J connectivity index is 2.16. The van der Waals surface area contributed by atoms with Crippen molar-refractivity contribution >= 4 is 57.1 Å². The number of nitrogens with two attached hydrogens (primary N) is 1. The predicted molar refractivity (Wildman–Crippen MR) is 86.8 cm³/mol. The molecule has 0 aliphatic heterocycles. The van der Waals surface area contributed by atoms with Gasteiger partial charge in [0.1, 0.15) is 10.7 Å². The van der Waals surface area contributed by atoms with Crippen LogP contribution in [0.3, 0.4) is 0 Å². The molecule has 1 amide bonds. The molecule has 2 aromatic rings. The van der Waals surface area contributed by atoms with Gasteiger partial charge in [0.05, 0.1) is 16.8 Å². The van der Waals surface area contributed by atoms with E-state index in [4.69, 9.17) is 17.3 Å². The van der Waals surface area contributed by atoms with Crippen molar-refractivity contribution in [3.8, 4) is 0 Å². The summed E-state index contributed by atoms with van der Waals surface area (Å²) in [5, 5.41) is 5.66. The third-order valence-electron chi connectivity index (χ3n) is 2.32. The SMILES string of the molecule is CC(N)c1nc(C(=O)Nc2ccc(I)cc2Cl)cs1. The molecular weight excluding hydrogens is 397 g/mol. The summed E-state index contributed by atoms with van der Waals surface area (Å²) in [6.45, 7) is 1.83. The van der Waals surface area contributed by atoms with Gasteiger partial charge in [-0.3, -0.25) is 4.79 Å². The summed E-state index contributed by atoms with van der Waals surface area (Å²) < 4.78 is 1.01. The number of thiazole rings is 1. The molecule has 1 atom stereocenters. The molecule has 0 saturated heterocycles. The third kappa shape index (κ3) is 3.65. The Hall–Kier alpha value is -0.700. The second-order valence-electron chi connectivity index (χ2n) is 3.94. The molecule has 0 spiro atoms. The number of carbonyl (C=O) groups excluding carboxylic acids is 1. The van der Waals surface area contributed by atoms with Gasteiger partial charge in [0.25, 0.3) is 5.91 Å². The fourth-order valence-corrected chi connectivity index (χ4v) is 3.04. The molecule has 0 aliphatic carbocycles. The van der Waals surface area contributed by atoms with Crippen LogP contribution in [0.2, 0.25) is 5.02 Å². The largest absolute Gasteiger partial charge is 0.322 e. The number of rotatable bonds is 3. The number of hydrogen-bond acceptors (Lipinski definition) is 4. The Kier molecular flexibility index (Phi) is 4.77. The number of nitrogens with one attached hydrogen (secondary N) is 1. The molecule has 1 aromatic carbocycles. The molecule has 1 heterocycles. The molecule has 0 saturated carbocycles. The van der Waals surface area contributed by atoms with Crippen molar-refractivity contribution < 1.29 is 4.79 Å². The molecule has 1 unspecified atom stereocenters. The van der Waals surface area contributed by atoms with Crippen molar-refractivity contribution in [1.82, 2.24) is 4.98 Å². The maximum absolute atomic E-state index is 12.0. The minimum atomic E-state index is -0.286. The second kappa shape index (κ2) is 6.17. The van der Waals surface area contributed by atoms with Crippen LogP contribution in [0.5, 0.6) is 0 Å². The highest BCUT2D eigenvalue weighted by atomic mass is 127. The zero-order valence-corrected chi connectivity index (χ0v) is 13.7. The van der Waals surface area contributed by atoms with E-state index in [0.29, 0.717) is 16.4 Å². The standard InChI is InChI=1S/C12H11ClIN3OS/c1-6(15)12-17-10(5-19-12)11(18)16-9-3-2-7(14)4-8(9)13/h2-6H,15H2,1H3,(H,16,18). The molecule has 19 heavy (non-hydrogen) atoms. The van der Waals surface area contributed by atoms with Gasteiger partial charge in [-0.25, -0.2) is 4.98 Å². The summed E-state index contributed by atoms with van der Waals surface area (Å²) >= 11 is 9.59. The van der Waals surface area contributed by atoms with Gasteiger partial charge in [-0.05, 0) is 47.7 Å². The van der Waals surface area contributed by atoms with E-state index in [2.05, 4.69) is 32.9 Å².